The fourth-order valence-corrected chi connectivity index (χ4v) is 1.54. The summed E-state index contributed by atoms with van der Waals surface area (Å²) in [5.74, 6) is -0.931. The minimum Gasteiger partial charge on any atom is -0.478 e. The monoisotopic (exact) mass is 251 g/mol. The summed E-state index contributed by atoms with van der Waals surface area (Å²) >= 11 is 0. The molecular formula is C16H13NO2. The molecule has 3 nitrogen and oxygen atoms in total. The van der Waals surface area contributed by atoms with E-state index in [1.54, 1.807) is 18.3 Å². The molecule has 0 aliphatic rings. The number of aliphatic imine (C=N–C) groups is 1. The highest BCUT2D eigenvalue weighted by molar-refractivity contribution is 5.88. The topological polar surface area (TPSA) is 49.7 Å². The van der Waals surface area contributed by atoms with Crippen LogP contribution in [0.4, 0.5) is 5.69 Å². The molecule has 94 valence electrons. The summed E-state index contributed by atoms with van der Waals surface area (Å²) in [5, 5.41) is 8.77. The highest BCUT2D eigenvalue weighted by Crippen LogP contribution is 2.12. The third-order valence-electron chi connectivity index (χ3n) is 2.51. The van der Waals surface area contributed by atoms with Crippen LogP contribution in [0.15, 0.2) is 65.7 Å². The molecule has 0 saturated heterocycles. The zero-order valence-corrected chi connectivity index (χ0v) is 10.2. The van der Waals surface area contributed by atoms with Gasteiger partial charge in [0.05, 0.1) is 11.3 Å². The minimum atomic E-state index is -0.931. The van der Waals surface area contributed by atoms with Gasteiger partial charge in [0.15, 0.2) is 0 Å². The molecule has 0 bridgehead atoms. The van der Waals surface area contributed by atoms with Crippen molar-refractivity contribution in [2.24, 2.45) is 4.99 Å². The van der Waals surface area contributed by atoms with Gasteiger partial charge >= 0.3 is 5.97 Å². The maximum Gasteiger partial charge on any atom is 0.335 e. The first-order chi connectivity index (χ1) is 9.25. The highest BCUT2D eigenvalue weighted by atomic mass is 16.4. The van der Waals surface area contributed by atoms with E-state index in [1.807, 2.05) is 42.5 Å². The van der Waals surface area contributed by atoms with Gasteiger partial charge in [-0.15, -0.1) is 0 Å². The van der Waals surface area contributed by atoms with E-state index in [0.717, 1.165) is 11.3 Å². The molecule has 0 spiro atoms. The molecule has 19 heavy (non-hydrogen) atoms. The molecule has 0 fully saturated rings. The number of carboxylic acid groups (broad SMARTS) is 1. The molecule has 0 atom stereocenters. The summed E-state index contributed by atoms with van der Waals surface area (Å²) < 4.78 is 0. The molecule has 0 unspecified atom stereocenters. The zero-order valence-electron chi connectivity index (χ0n) is 10.2. The van der Waals surface area contributed by atoms with Gasteiger partial charge in [-0.1, -0.05) is 36.4 Å². The normalized spacial score (nSPS) is 11.2. The van der Waals surface area contributed by atoms with Gasteiger partial charge in [-0.2, -0.15) is 0 Å². The Hall–Kier alpha value is -2.68. The Morgan fingerprint density at radius 2 is 1.68 bits per heavy atom. The average molecular weight is 251 g/mol. The first-order valence-electron chi connectivity index (χ1n) is 5.85. The van der Waals surface area contributed by atoms with E-state index in [1.165, 1.54) is 12.1 Å². The minimum absolute atomic E-state index is 0.263. The second kappa shape index (κ2) is 6.31. The van der Waals surface area contributed by atoms with Gasteiger partial charge in [0.25, 0.3) is 0 Å². The van der Waals surface area contributed by atoms with Crippen LogP contribution in [0.25, 0.3) is 6.08 Å². The van der Waals surface area contributed by atoms with Crippen LogP contribution >= 0.6 is 0 Å². The fraction of sp³-hybridized carbons (Fsp3) is 0. The van der Waals surface area contributed by atoms with E-state index < -0.39 is 5.97 Å². The predicted octanol–water partition coefficient (Wildman–Crippen LogP) is 3.80. The molecule has 0 radical (unpaired) electrons. The number of benzene rings is 2. The van der Waals surface area contributed by atoms with Gasteiger partial charge in [0, 0.05) is 6.21 Å². The lowest BCUT2D eigenvalue weighted by atomic mass is 10.2. The summed E-state index contributed by atoms with van der Waals surface area (Å²) in [7, 11) is 0. The molecule has 0 aromatic heterocycles. The van der Waals surface area contributed by atoms with Crippen molar-refractivity contribution in [1.29, 1.82) is 0 Å². The first kappa shape index (κ1) is 12.8. The lowest BCUT2D eigenvalue weighted by Gasteiger charge is -1.94. The summed E-state index contributed by atoms with van der Waals surface area (Å²) in [6.07, 6.45) is 5.48. The highest BCUT2D eigenvalue weighted by Gasteiger charge is 1.99. The van der Waals surface area contributed by atoms with Crippen molar-refractivity contribution in [2.45, 2.75) is 0 Å². The van der Waals surface area contributed by atoms with Crippen LogP contribution in [0.3, 0.4) is 0 Å². The second-order valence-electron chi connectivity index (χ2n) is 3.90. The van der Waals surface area contributed by atoms with Gasteiger partial charge in [0.2, 0.25) is 0 Å². The van der Waals surface area contributed by atoms with Crippen molar-refractivity contribution in [3.63, 3.8) is 0 Å². The summed E-state index contributed by atoms with van der Waals surface area (Å²) in [6.45, 7) is 0. The lowest BCUT2D eigenvalue weighted by Crippen LogP contribution is -1.94. The van der Waals surface area contributed by atoms with Crippen molar-refractivity contribution in [1.82, 2.24) is 0 Å². The maximum atomic E-state index is 10.7. The van der Waals surface area contributed by atoms with E-state index >= 15 is 0 Å². The van der Waals surface area contributed by atoms with Crippen molar-refractivity contribution in [3.8, 4) is 0 Å². The SMILES string of the molecule is O=C(O)c1ccc(N=CC=Cc2ccccc2)cc1. The Morgan fingerprint density at radius 1 is 1.00 bits per heavy atom. The molecule has 0 aliphatic carbocycles. The number of hydrogen-bond donors (Lipinski definition) is 1. The van der Waals surface area contributed by atoms with Crippen LogP contribution < -0.4 is 0 Å². The number of carbonyl (C=O) groups is 1. The van der Waals surface area contributed by atoms with Crippen LogP contribution in [0, 0.1) is 0 Å². The Bertz CT molecular complexity index is 598. The van der Waals surface area contributed by atoms with E-state index in [0.29, 0.717) is 0 Å². The van der Waals surface area contributed by atoms with Crippen LogP contribution in [0.1, 0.15) is 15.9 Å². The third-order valence-corrected chi connectivity index (χ3v) is 2.51. The van der Waals surface area contributed by atoms with Gasteiger partial charge < -0.3 is 5.11 Å². The van der Waals surface area contributed by atoms with Crippen molar-refractivity contribution >= 4 is 23.9 Å². The number of aromatic carboxylic acids is 1. The molecule has 2 rings (SSSR count). The van der Waals surface area contributed by atoms with Gasteiger partial charge in [-0.05, 0) is 35.9 Å². The van der Waals surface area contributed by atoms with Crippen LogP contribution in [0.5, 0.6) is 0 Å². The average Bonchev–Trinajstić information content (AvgIpc) is 2.45. The zero-order chi connectivity index (χ0) is 13.5. The summed E-state index contributed by atoms with van der Waals surface area (Å²) in [5.41, 5.74) is 2.09. The van der Waals surface area contributed by atoms with E-state index in [4.69, 9.17) is 5.11 Å². The fourth-order valence-electron chi connectivity index (χ4n) is 1.54. The maximum absolute atomic E-state index is 10.7. The number of carboxylic acids is 1. The lowest BCUT2D eigenvalue weighted by molar-refractivity contribution is 0.0697. The standard InChI is InChI=1S/C16H13NO2/c18-16(19)14-8-10-15(11-9-14)17-12-4-7-13-5-2-1-3-6-13/h1-12H,(H,18,19). The van der Waals surface area contributed by atoms with Crippen molar-refractivity contribution in [2.75, 3.05) is 0 Å². The summed E-state index contributed by atoms with van der Waals surface area (Å²) in [4.78, 5) is 14.9. The number of nitrogens with zero attached hydrogens (tertiary/aromatic N) is 1. The first-order valence-corrected chi connectivity index (χ1v) is 5.85. The smallest absolute Gasteiger partial charge is 0.335 e. The van der Waals surface area contributed by atoms with Gasteiger partial charge in [-0.3, -0.25) is 4.99 Å². The second-order valence-corrected chi connectivity index (χ2v) is 3.90. The number of allylic oxidation sites excluding steroid dienone is 1. The predicted molar refractivity (Wildman–Crippen MR) is 77.0 cm³/mol. The molecule has 0 aliphatic heterocycles. The number of rotatable bonds is 4. The van der Waals surface area contributed by atoms with Crippen LogP contribution in [-0.4, -0.2) is 17.3 Å². The Morgan fingerprint density at radius 3 is 2.32 bits per heavy atom. The molecule has 1 N–H and O–H groups in total. The molecule has 3 heteroatoms. The summed E-state index contributed by atoms with van der Waals surface area (Å²) in [6, 6.07) is 16.4. The van der Waals surface area contributed by atoms with Crippen molar-refractivity contribution < 1.29 is 9.90 Å². The molecule has 2 aromatic rings. The van der Waals surface area contributed by atoms with Crippen LogP contribution in [0.2, 0.25) is 0 Å². The molecule has 0 amide bonds. The van der Waals surface area contributed by atoms with E-state index in [-0.39, 0.29) is 5.56 Å². The molecule has 0 saturated carbocycles. The molecular weight excluding hydrogens is 238 g/mol. The molecule has 0 heterocycles. The quantitative estimate of drug-likeness (QED) is 0.840. The van der Waals surface area contributed by atoms with Gasteiger partial charge in [0.1, 0.15) is 0 Å². The largest absolute Gasteiger partial charge is 0.478 e. The van der Waals surface area contributed by atoms with Crippen LogP contribution in [-0.2, 0) is 0 Å². The van der Waals surface area contributed by atoms with Gasteiger partial charge in [-0.25, -0.2) is 4.79 Å². The third kappa shape index (κ3) is 3.92. The Labute approximate surface area is 111 Å². The molecule has 2 aromatic carbocycles. The Balaban J connectivity index is 1.99. The number of hydrogen-bond acceptors (Lipinski definition) is 2. The van der Waals surface area contributed by atoms with E-state index in [2.05, 4.69) is 4.99 Å². The Kier molecular flexibility index (Phi) is 4.24. The van der Waals surface area contributed by atoms with E-state index in [9.17, 15) is 4.79 Å². The van der Waals surface area contributed by atoms with Crippen molar-refractivity contribution in [3.05, 3.63) is 71.8 Å².